The SMILES string of the molecule is NC(=O)c1c(NC(=O)c2cccc(S(=O)(=O)N3CCCC3)c2)sc2c1CCC2. The second kappa shape index (κ2) is 7.31. The van der Waals surface area contributed by atoms with Crippen molar-refractivity contribution in [2.24, 2.45) is 5.73 Å². The van der Waals surface area contributed by atoms with E-state index < -0.39 is 21.8 Å². The van der Waals surface area contributed by atoms with Crippen molar-refractivity contribution in [2.75, 3.05) is 18.4 Å². The Morgan fingerprint density at radius 1 is 1.11 bits per heavy atom. The summed E-state index contributed by atoms with van der Waals surface area (Å²) in [4.78, 5) is 25.8. The fourth-order valence-corrected chi connectivity index (χ4v) is 6.66. The van der Waals surface area contributed by atoms with Crippen LogP contribution in [0.3, 0.4) is 0 Å². The minimum atomic E-state index is -3.60. The summed E-state index contributed by atoms with van der Waals surface area (Å²) in [5.74, 6) is -1.01. The monoisotopic (exact) mass is 419 g/mol. The Hall–Kier alpha value is -2.23. The molecule has 2 aromatic rings. The van der Waals surface area contributed by atoms with E-state index in [1.165, 1.54) is 27.8 Å². The molecule has 9 heteroatoms. The van der Waals surface area contributed by atoms with Crippen molar-refractivity contribution >= 4 is 38.2 Å². The lowest BCUT2D eigenvalue weighted by Gasteiger charge is -2.16. The highest BCUT2D eigenvalue weighted by atomic mass is 32.2. The van der Waals surface area contributed by atoms with E-state index in [9.17, 15) is 18.0 Å². The van der Waals surface area contributed by atoms with Crippen molar-refractivity contribution in [2.45, 2.75) is 37.0 Å². The number of hydrogen-bond acceptors (Lipinski definition) is 5. The number of anilines is 1. The normalized spacial score (nSPS) is 16.9. The maximum atomic E-state index is 12.8. The third-order valence-corrected chi connectivity index (χ3v) is 8.30. The lowest BCUT2D eigenvalue weighted by molar-refractivity contribution is 0.100. The Kier molecular flexibility index (Phi) is 4.98. The van der Waals surface area contributed by atoms with Gasteiger partial charge in [0.2, 0.25) is 10.0 Å². The fraction of sp³-hybridized carbons (Fsp3) is 0.368. The van der Waals surface area contributed by atoms with Gasteiger partial charge in [-0.2, -0.15) is 4.31 Å². The Morgan fingerprint density at radius 2 is 1.86 bits per heavy atom. The van der Waals surface area contributed by atoms with E-state index in [4.69, 9.17) is 5.73 Å². The van der Waals surface area contributed by atoms with Crippen molar-refractivity contribution in [1.82, 2.24) is 4.31 Å². The number of thiophene rings is 1. The minimum absolute atomic E-state index is 0.103. The molecular weight excluding hydrogens is 398 g/mol. The molecule has 2 heterocycles. The molecule has 0 radical (unpaired) electrons. The fourth-order valence-electron chi connectivity index (χ4n) is 3.80. The third kappa shape index (κ3) is 3.34. The summed E-state index contributed by atoms with van der Waals surface area (Å²) in [6, 6.07) is 6.00. The second-order valence-electron chi connectivity index (χ2n) is 7.02. The minimum Gasteiger partial charge on any atom is -0.365 e. The van der Waals surface area contributed by atoms with E-state index in [0.717, 1.165) is 42.5 Å². The van der Waals surface area contributed by atoms with Gasteiger partial charge in [0.05, 0.1) is 10.5 Å². The first-order valence-corrected chi connectivity index (χ1v) is 11.5. The van der Waals surface area contributed by atoms with Crippen molar-refractivity contribution in [3.63, 3.8) is 0 Å². The number of nitrogens with one attached hydrogen (secondary N) is 1. The van der Waals surface area contributed by atoms with Gasteiger partial charge in [0, 0.05) is 23.5 Å². The molecule has 1 saturated heterocycles. The van der Waals surface area contributed by atoms with Crippen molar-refractivity contribution < 1.29 is 18.0 Å². The molecule has 148 valence electrons. The van der Waals surface area contributed by atoms with Crippen LogP contribution in [0.25, 0.3) is 0 Å². The Balaban J connectivity index is 1.61. The number of fused-ring (bicyclic) bond motifs is 1. The average molecular weight is 420 g/mol. The topological polar surface area (TPSA) is 110 Å². The predicted octanol–water partition coefficient (Wildman–Crippen LogP) is 2.37. The van der Waals surface area contributed by atoms with Crippen molar-refractivity contribution in [3.05, 3.63) is 45.8 Å². The van der Waals surface area contributed by atoms with Crippen LogP contribution in [-0.2, 0) is 22.9 Å². The molecule has 0 saturated carbocycles. The first-order chi connectivity index (χ1) is 13.4. The van der Waals surface area contributed by atoms with Gasteiger partial charge in [-0.25, -0.2) is 8.42 Å². The number of hydrogen-bond donors (Lipinski definition) is 2. The molecule has 0 bridgehead atoms. The van der Waals surface area contributed by atoms with Crippen LogP contribution in [0.2, 0.25) is 0 Å². The zero-order valence-corrected chi connectivity index (χ0v) is 16.9. The number of nitrogens with zero attached hydrogens (tertiary/aromatic N) is 1. The standard InChI is InChI=1S/C19H21N3O4S2/c20-17(23)16-14-7-4-8-15(14)27-19(16)21-18(24)12-5-3-6-13(11-12)28(25,26)22-9-1-2-10-22/h3,5-6,11H,1-2,4,7-10H2,(H2,20,23)(H,21,24). The van der Waals surface area contributed by atoms with Crippen molar-refractivity contribution in [3.8, 4) is 0 Å². The smallest absolute Gasteiger partial charge is 0.256 e. The van der Waals surface area contributed by atoms with E-state index in [0.29, 0.717) is 23.7 Å². The Bertz CT molecular complexity index is 1050. The van der Waals surface area contributed by atoms with Gasteiger partial charge in [0.15, 0.2) is 0 Å². The van der Waals surface area contributed by atoms with Crippen molar-refractivity contribution in [1.29, 1.82) is 0 Å². The van der Waals surface area contributed by atoms with Gasteiger partial charge in [-0.3, -0.25) is 9.59 Å². The summed E-state index contributed by atoms with van der Waals surface area (Å²) in [5, 5.41) is 3.20. The maximum absolute atomic E-state index is 12.8. The molecule has 1 aromatic carbocycles. The summed E-state index contributed by atoms with van der Waals surface area (Å²) in [6.07, 6.45) is 4.33. The van der Waals surface area contributed by atoms with Crippen LogP contribution >= 0.6 is 11.3 Å². The molecule has 1 fully saturated rings. The van der Waals surface area contributed by atoms with E-state index in [1.54, 1.807) is 12.1 Å². The molecule has 3 N–H and O–H groups in total. The maximum Gasteiger partial charge on any atom is 0.256 e. The van der Waals surface area contributed by atoms with Gasteiger partial charge in [-0.05, 0) is 55.9 Å². The summed E-state index contributed by atoms with van der Waals surface area (Å²) in [6.45, 7) is 1.00. The molecular formula is C19H21N3O4S2. The predicted molar refractivity (Wildman–Crippen MR) is 107 cm³/mol. The highest BCUT2D eigenvalue weighted by Gasteiger charge is 2.29. The number of benzene rings is 1. The molecule has 0 atom stereocenters. The van der Waals surface area contributed by atoms with Crippen LogP contribution in [0.4, 0.5) is 5.00 Å². The molecule has 1 aliphatic carbocycles. The van der Waals surface area contributed by atoms with E-state index in [-0.39, 0.29) is 10.5 Å². The molecule has 0 spiro atoms. The van der Waals surface area contributed by atoms with E-state index in [2.05, 4.69) is 5.32 Å². The third-order valence-electron chi connectivity index (χ3n) is 5.19. The first-order valence-electron chi connectivity index (χ1n) is 9.24. The number of primary amides is 1. The summed E-state index contributed by atoms with van der Waals surface area (Å²) in [7, 11) is -3.60. The molecule has 7 nitrogen and oxygen atoms in total. The lowest BCUT2D eigenvalue weighted by atomic mass is 10.1. The molecule has 0 unspecified atom stereocenters. The number of amides is 2. The second-order valence-corrected chi connectivity index (χ2v) is 10.1. The van der Waals surface area contributed by atoms with Crippen LogP contribution in [-0.4, -0.2) is 37.6 Å². The molecule has 1 aliphatic heterocycles. The number of rotatable bonds is 5. The largest absolute Gasteiger partial charge is 0.365 e. The molecule has 2 amide bonds. The van der Waals surface area contributed by atoms with E-state index >= 15 is 0 Å². The average Bonchev–Trinajstić information content (AvgIpc) is 3.38. The molecule has 2 aliphatic rings. The van der Waals surface area contributed by atoms with Gasteiger partial charge in [0.1, 0.15) is 5.00 Å². The molecule has 28 heavy (non-hydrogen) atoms. The van der Waals surface area contributed by atoms with Crippen LogP contribution in [0.15, 0.2) is 29.2 Å². The summed E-state index contributed by atoms with van der Waals surface area (Å²) < 4.78 is 26.9. The number of carbonyl (C=O) groups is 2. The lowest BCUT2D eigenvalue weighted by Crippen LogP contribution is -2.28. The number of aryl methyl sites for hydroxylation is 1. The van der Waals surface area contributed by atoms with Crippen LogP contribution in [0.5, 0.6) is 0 Å². The first kappa shape index (κ1) is 19.1. The summed E-state index contributed by atoms with van der Waals surface area (Å²) in [5.41, 5.74) is 7.07. The van der Waals surface area contributed by atoms with Gasteiger partial charge in [0.25, 0.3) is 11.8 Å². The van der Waals surface area contributed by atoms with Crippen LogP contribution in [0.1, 0.15) is 50.4 Å². The zero-order chi connectivity index (χ0) is 19.9. The number of nitrogens with two attached hydrogens (primary N) is 1. The van der Waals surface area contributed by atoms with Gasteiger partial charge >= 0.3 is 0 Å². The van der Waals surface area contributed by atoms with E-state index in [1.807, 2.05) is 0 Å². The Morgan fingerprint density at radius 3 is 2.57 bits per heavy atom. The van der Waals surface area contributed by atoms with Gasteiger partial charge in [-0.1, -0.05) is 6.07 Å². The Labute approximate surface area is 167 Å². The van der Waals surface area contributed by atoms with Crippen LogP contribution in [0, 0.1) is 0 Å². The molecule has 4 rings (SSSR count). The number of sulfonamides is 1. The highest BCUT2D eigenvalue weighted by molar-refractivity contribution is 7.89. The quantitative estimate of drug-likeness (QED) is 0.775. The number of carbonyl (C=O) groups excluding carboxylic acids is 2. The zero-order valence-electron chi connectivity index (χ0n) is 15.2. The van der Waals surface area contributed by atoms with Gasteiger partial charge in [-0.15, -0.1) is 11.3 Å². The highest BCUT2D eigenvalue weighted by Crippen LogP contribution is 2.39. The van der Waals surface area contributed by atoms with Crippen LogP contribution < -0.4 is 11.1 Å². The molecule has 1 aromatic heterocycles. The van der Waals surface area contributed by atoms with Gasteiger partial charge < -0.3 is 11.1 Å². The summed E-state index contributed by atoms with van der Waals surface area (Å²) >= 11 is 1.37.